The quantitative estimate of drug-likeness (QED) is 0.868. The number of rotatable bonds is 5. The maximum Gasteiger partial charge on any atom is 0.303 e. The molecule has 0 aliphatic heterocycles. The number of carbonyl (C=O) groups is 1. The molecule has 0 heterocycles. The summed E-state index contributed by atoms with van der Waals surface area (Å²) < 4.78 is 0. The van der Waals surface area contributed by atoms with Gasteiger partial charge in [0.1, 0.15) is 0 Å². The first-order valence-electron chi connectivity index (χ1n) is 6.18. The lowest BCUT2D eigenvalue weighted by Gasteiger charge is -2.13. The standard InChI is InChI=1S/C17H16O2/c1-3-12-11-13-7-5-6-8-15(13)16(14(12)4-2)9-10-17(18)19/h3-8,11H,1-2,9-10H2,(H,18,19). The zero-order valence-electron chi connectivity index (χ0n) is 10.7. The van der Waals surface area contributed by atoms with Gasteiger partial charge in [-0.15, -0.1) is 0 Å². The molecule has 96 valence electrons. The molecule has 0 fully saturated rings. The molecule has 0 amide bonds. The average Bonchev–Trinajstić information content (AvgIpc) is 2.43. The van der Waals surface area contributed by atoms with Crippen LogP contribution in [0.4, 0.5) is 0 Å². The van der Waals surface area contributed by atoms with Crippen LogP contribution >= 0.6 is 0 Å². The first kappa shape index (κ1) is 13.1. The second kappa shape index (κ2) is 5.53. The van der Waals surface area contributed by atoms with Gasteiger partial charge >= 0.3 is 5.97 Å². The number of carboxylic acid groups (broad SMARTS) is 1. The number of benzene rings is 2. The van der Waals surface area contributed by atoms with Gasteiger partial charge in [-0.2, -0.15) is 0 Å². The maximum atomic E-state index is 10.8. The second-order valence-corrected chi connectivity index (χ2v) is 4.38. The second-order valence-electron chi connectivity index (χ2n) is 4.38. The molecular weight excluding hydrogens is 236 g/mol. The highest BCUT2D eigenvalue weighted by atomic mass is 16.4. The summed E-state index contributed by atoms with van der Waals surface area (Å²) in [4.78, 5) is 10.8. The van der Waals surface area contributed by atoms with Gasteiger partial charge in [0.05, 0.1) is 0 Å². The van der Waals surface area contributed by atoms with Crippen LogP contribution in [0.1, 0.15) is 23.1 Å². The lowest BCUT2D eigenvalue weighted by atomic mass is 9.91. The Morgan fingerprint density at radius 3 is 2.58 bits per heavy atom. The summed E-state index contributed by atoms with van der Waals surface area (Å²) in [5.74, 6) is -0.789. The SMILES string of the molecule is C=Cc1cc2ccccc2c(CCC(=O)O)c1C=C. The van der Waals surface area contributed by atoms with Gasteiger partial charge in [-0.1, -0.05) is 49.6 Å². The molecule has 0 aromatic heterocycles. The van der Waals surface area contributed by atoms with Crippen LogP contribution in [0, 0.1) is 0 Å². The Bertz CT molecular complexity index is 654. The van der Waals surface area contributed by atoms with Crippen LogP contribution in [-0.4, -0.2) is 11.1 Å². The van der Waals surface area contributed by atoms with Crippen molar-refractivity contribution in [3.63, 3.8) is 0 Å². The largest absolute Gasteiger partial charge is 0.481 e. The van der Waals surface area contributed by atoms with Crippen molar-refractivity contribution in [2.75, 3.05) is 0 Å². The fourth-order valence-corrected chi connectivity index (χ4v) is 2.37. The summed E-state index contributed by atoms with van der Waals surface area (Å²) in [5.41, 5.74) is 3.01. The molecule has 0 aliphatic carbocycles. The molecule has 0 atom stereocenters. The van der Waals surface area contributed by atoms with Crippen molar-refractivity contribution in [2.45, 2.75) is 12.8 Å². The molecule has 0 saturated heterocycles. The number of carboxylic acids is 1. The topological polar surface area (TPSA) is 37.3 Å². The summed E-state index contributed by atoms with van der Waals surface area (Å²) in [5, 5.41) is 11.1. The molecule has 0 unspecified atom stereocenters. The molecule has 1 N–H and O–H groups in total. The van der Waals surface area contributed by atoms with Crippen LogP contribution < -0.4 is 0 Å². The normalized spacial score (nSPS) is 10.3. The van der Waals surface area contributed by atoms with E-state index in [2.05, 4.69) is 19.2 Å². The molecular formula is C17H16O2. The number of aryl methyl sites for hydroxylation is 1. The predicted octanol–water partition coefficient (Wildman–Crippen LogP) is 4.14. The minimum Gasteiger partial charge on any atom is -0.481 e. The first-order valence-corrected chi connectivity index (χ1v) is 6.18. The fraction of sp³-hybridized carbons (Fsp3) is 0.118. The van der Waals surface area contributed by atoms with Gasteiger partial charge in [-0.25, -0.2) is 0 Å². The van der Waals surface area contributed by atoms with Crippen molar-refractivity contribution < 1.29 is 9.90 Å². The lowest BCUT2D eigenvalue weighted by Crippen LogP contribution is -2.01. The third kappa shape index (κ3) is 2.58. The van der Waals surface area contributed by atoms with Crippen molar-refractivity contribution in [2.24, 2.45) is 0 Å². The molecule has 2 aromatic rings. The van der Waals surface area contributed by atoms with E-state index in [0.717, 1.165) is 27.5 Å². The summed E-state index contributed by atoms with van der Waals surface area (Å²) >= 11 is 0. The van der Waals surface area contributed by atoms with Crippen molar-refractivity contribution in [1.29, 1.82) is 0 Å². The summed E-state index contributed by atoms with van der Waals surface area (Å²) in [7, 11) is 0. The van der Waals surface area contributed by atoms with E-state index >= 15 is 0 Å². The summed E-state index contributed by atoms with van der Waals surface area (Å²) in [6.07, 6.45) is 4.18. The highest BCUT2D eigenvalue weighted by Crippen LogP contribution is 2.28. The molecule has 0 bridgehead atoms. The Morgan fingerprint density at radius 2 is 1.95 bits per heavy atom. The lowest BCUT2D eigenvalue weighted by molar-refractivity contribution is -0.136. The van der Waals surface area contributed by atoms with E-state index in [1.165, 1.54) is 0 Å². The maximum absolute atomic E-state index is 10.8. The third-order valence-electron chi connectivity index (χ3n) is 3.25. The highest BCUT2D eigenvalue weighted by Gasteiger charge is 2.10. The minimum atomic E-state index is -0.789. The number of fused-ring (bicyclic) bond motifs is 1. The van der Waals surface area contributed by atoms with Gasteiger partial charge in [0.25, 0.3) is 0 Å². The van der Waals surface area contributed by atoms with E-state index in [0.29, 0.717) is 6.42 Å². The van der Waals surface area contributed by atoms with Gasteiger partial charge in [0.15, 0.2) is 0 Å². The predicted molar refractivity (Wildman–Crippen MR) is 80.1 cm³/mol. The average molecular weight is 252 g/mol. The van der Waals surface area contributed by atoms with E-state index < -0.39 is 5.97 Å². The number of aliphatic carboxylic acids is 1. The fourth-order valence-electron chi connectivity index (χ4n) is 2.37. The molecule has 2 aromatic carbocycles. The number of hydrogen-bond donors (Lipinski definition) is 1. The van der Waals surface area contributed by atoms with E-state index in [1.807, 2.05) is 24.3 Å². The van der Waals surface area contributed by atoms with E-state index in [4.69, 9.17) is 5.11 Å². The monoisotopic (exact) mass is 252 g/mol. The minimum absolute atomic E-state index is 0.116. The van der Waals surface area contributed by atoms with Crippen molar-refractivity contribution in [3.05, 3.63) is 60.2 Å². The van der Waals surface area contributed by atoms with Crippen LogP contribution in [0.3, 0.4) is 0 Å². The molecule has 2 nitrogen and oxygen atoms in total. The van der Waals surface area contributed by atoms with Crippen LogP contribution in [0.25, 0.3) is 22.9 Å². The van der Waals surface area contributed by atoms with E-state index in [-0.39, 0.29) is 6.42 Å². The molecule has 0 aliphatic rings. The van der Waals surface area contributed by atoms with Gasteiger partial charge in [-0.05, 0) is 39.9 Å². The van der Waals surface area contributed by atoms with Gasteiger partial charge in [0, 0.05) is 6.42 Å². The van der Waals surface area contributed by atoms with Gasteiger partial charge < -0.3 is 5.11 Å². The van der Waals surface area contributed by atoms with E-state index in [1.54, 1.807) is 12.2 Å². The van der Waals surface area contributed by atoms with Crippen LogP contribution in [0.5, 0.6) is 0 Å². The highest BCUT2D eigenvalue weighted by molar-refractivity contribution is 5.92. The Labute approximate surface area is 112 Å². The van der Waals surface area contributed by atoms with Gasteiger partial charge in [-0.3, -0.25) is 4.79 Å². The van der Waals surface area contributed by atoms with Crippen LogP contribution in [-0.2, 0) is 11.2 Å². The Hall–Kier alpha value is -2.35. The summed E-state index contributed by atoms with van der Waals surface area (Å²) in [6, 6.07) is 10.0. The Kier molecular flexibility index (Phi) is 3.81. The Morgan fingerprint density at radius 1 is 1.21 bits per heavy atom. The molecule has 0 saturated carbocycles. The van der Waals surface area contributed by atoms with E-state index in [9.17, 15) is 4.79 Å². The van der Waals surface area contributed by atoms with Gasteiger partial charge in [0.2, 0.25) is 0 Å². The molecule has 2 rings (SSSR count). The van der Waals surface area contributed by atoms with Crippen molar-refractivity contribution >= 4 is 28.9 Å². The summed E-state index contributed by atoms with van der Waals surface area (Å²) in [6.45, 7) is 7.66. The first-order chi connectivity index (χ1) is 9.17. The zero-order valence-corrected chi connectivity index (χ0v) is 10.7. The molecule has 2 heteroatoms. The Balaban J connectivity index is 2.69. The molecule has 19 heavy (non-hydrogen) atoms. The van der Waals surface area contributed by atoms with Crippen LogP contribution in [0.15, 0.2) is 43.5 Å². The third-order valence-corrected chi connectivity index (χ3v) is 3.25. The van der Waals surface area contributed by atoms with Crippen LogP contribution in [0.2, 0.25) is 0 Å². The van der Waals surface area contributed by atoms with Crippen molar-refractivity contribution in [1.82, 2.24) is 0 Å². The van der Waals surface area contributed by atoms with Crippen molar-refractivity contribution in [3.8, 4) is 0 Å². The molecule has 0 radical (unpaired) electrons. The zero-order chi connectivity index (χ0) is 13.8. The number of hydrogen-bond acceptors (Lipinski definition) is 1. The smallest absolute Gasteiger partial charge is 0.303 e. The molecule has 0 spiro atoms.